The number of hydrogen-bond acceptors (Lipinski definition) is 4. The minimum Gasteiger partial charge on any atom is -0.465 e. The number of carbonyl (C=O) groups excluding carboxylic acids is 1. The molecule has 2 aliphatic rings. The number of carboxylic acid groups (broad SMARTS) is 1. The van der Waals surface area contributed by atoms with E-state index in [1.165, 1.54) is 12.3 Å². The van der Waals surface area contributed by atoms with Gasteiger partial charge >= 0.3 is 6.09 Å². The van der Waals surface area contributed by atoms with Crippen LogP contribution < -0.4 is 10.2 Å². The molecule has 0 radical (unpaired) electrons. The second kappa shape index (κ2) is 9.73. The molecule has 2 aromatic rings. The third kappa shape index (κ3) is 5.12. The van der Waals surface area contributed by atoms with Gasteiger partial charge in [-0.1, -0.05) is 23.7 Å². The predicted molar refractivity (Wildman–Crippen MR) is 119 cm³/mol. The molecular formula is C23H26ClFN4O3. The Morgan fingerprint density at radius 2 is 1.84 bits per heavy atom. The molecule has 2 saturated heterocycles. The van der Waals surface area contributed by atoms with Crippen LogP contribution in [0.4, 0.5) is 15.0 Å². The normalized spacial score (nSPS) is 21.6. The van der Waals surface area contributed by atoms with E-state index in [1.807, 2.05) is 29.2 Å². The molecule has 9 heteroatoms. The molecule has 2 atom stereocenters. The van der Waals surface area contributed by atoms with Crippen molar-refractivity contribution in [3.05, 3.63) is 59.0 Å². The first-order chi connectivity index (χ1) is 15.4. The van der Waals surface area contributed by atoms with Gasteiger partial charge in [0, 0.05) is 55.5 Å². The number of halogens is 2. The monoisotopic (exact) mass is 460 g/mol. The number of pyridine rings is 1. The summed E-state index contributed by atoms with van der Waals surface area (Å²) >= 11 is 6.02. The van der Waals surface area contributed by atoms with Gasteiger partial charge in [-0.25, -0.2) is 14.2 Å². The van der Waals surface area contributed by atoms with Gasteiger partial charge in [0.25, 0.3) is 0 Å². The lowest BCUT2D eigenvalue weighted by Gasteiger charge is -2.34. The Morgan fingerprint density at radius 3 is 2.47 bits per heavy atom. The minimum absolute atomic E-state index is 0.000250. The van der Waals surface area contributed by atoms with Crippen LogP contribution in [0.3, 0.4) is 0 Å². The summed E-state index contributed by atoms with van der Waals surface area (Å²) in [6.45, 7) is 2.75. The van der Waals surface area contributed by atoms with Crippen molar-refractivity contribution in [1.29, 1.82) is 0 Å². The molecule has 0 unspecified atom stereocenters. The average molecular weight is 461 g/mol. The molecule has 3 heterocycles. The second-order valence-corrected chi connectivity index (χ2v) is 8.88. The van der Waals surface area contributed by atoms with E-state index in [-0.39, 0.29) is 29.5 Å². The maximum Gasteiger partial charge on any atom is 0.404 e. The number of rotatable bonds is 5. The summed E-state index contributed by atoms with van der Waals surface area (Å²) in [5.74, 6) is 0.444. The lowest BCUT2D eigenvalue weighted by molar-refractivity contribution is -0.135. The highest BCUT2D eigenvalue weighted by Gasteiger charge is 2.39. The molecule has 2 aliphatic heterocycles. The quantitative estimate of drug-likeness (QED) is 0.712. The van der Waals surface area contributed by atoms with Gasteiger partial charge in [-0.05, 0) is 42.7 Å². The summed E-state index contributed by atoms with van der Waals surface area (Å²) in [6.07, 6.45) is 1.56. The first-order valence-corrected chi connectivity index (χ1v) is 11.2. The molecule has 1 aromatic heterocycles. The number of aromatic nitrogens is 1. The summed E-state index contributed by atoms with van der Waals surface area (Å²) in [5.41, 5.74) is 1.05. The topological polar surface area (TPSA) is 85.8 Å². The van der Waals surface area contributed by atoms with Crippen LogP contribution in [0.2, 0.25) is 5.02 Å². The molecule has 4 rings (SSSR count). The standard InChI is InChI=1S/C23H26ClFN4O3/c24-18-3-1-15(2-4-18)20-14-29(13-17(20)11-27-23(31)32)22(30)16-7-9-28(10-8-16)21-6-5-19(25)12-26-21/h1-6,12,16-17,20,27H,7-11,13-14H2,(H,31,32)/t17-,20-/m0/s1. The van der Waals surface area contributed by atoms with Crippen LogP contribution in [-0.2, 0) is 4.79 Å². The third-order valence-electron chi connectivity index (χ3n) is 6.45. The average Bonchev–Trinajstić information content (AvgIpc) is 3.22. The minimum atomic E-state index is -1.06. The van der Waals surface area contributed by atoms with E-state index in [2.05, 4.69) is 15.2 Å². The first kappa shape index (κ1) is 22.3. The van der Waals surface area contributed by atoms with Crippen molar-refractivity contribution in [2.24, 2.45) is 11.8 Å². The summed E-state index contributed by atoms with van der Waals surface area (Å²) in [7, 11) is 0. The fourth-order valence-corrected chi connectivity index (χ4v) is 4.86. The van der Waals surface area contributed by atoms with Gasteiger partial charge in [0.15, 0.2) is 0 Å². The van der Waals surface area contributed by atoms with Crippen LogP contribution in [0, 0.1) is 17.7 Å². The molecule has 0 bridgehead atoms. The first-order valence-electron chi connectivity index (χ1n) is 10.8. The van der Waals surface area contributed by atoms with Crippen molar-refractivity contribution in [2.75, 3.05) is 37.6 Å². The Morgan fingerprint density at radius 1 is 1.12 bits per heavy atom. The molecule has 2 fully saturated rings. The molecular weight excluding hydrogens is 435 g/mol. The van der Waals surface area contributed by atoms with Gasteiger partial charge in [0.05, 0.1) is 6.20 Å². The van der Waals surface area contributed by atoms with E-state index in [9.17, 15) is 14.0 Å². The number of likely N-dealkylation sites (tertiary alicyclic amines) is 1. The van der Waals surface area contributed by atoms with E-state index in [4.69, 9.17) is 16.7 Å². The number of amides is 2. The van der Waals surface area contributed by atoms with Gasteiger partial charge in [0.2, 0.25) is 5.91 Å². The van der Waals surface area contributed by atoms with Gasteiger partial charge < -0.3 is 20.2 Å². The Labute approximate surface area is 191 Å². The maximum atomic E-state index is 13.3. The van der Waals surface area contributed by atoms with Crippen molar-refractivity contribution < 1.29 is 19.1 Å². The molecule has 2 N–H and O–H groups in total. The largest absolute Gasteiger partial charge is 0.465 e. The highest BCUT2D eigenvalue weighted by atomic mass is 35.5. The summed E-state index contributed by atoms with van der Waals surface area (Å²) in [6, 6.07) is 10.6. The van der Waals surface area contributed by atoms with Crippen LogP contribution in [0.15, 0.2) is 42.6 Å². The van der Waals surface area contributed by atoms with Crippen molar-refractivity contribution in [3.63, 3.8) is 0 Å². The van der Waals surface area contributed by atoms with Gasteiger partial charge in [0.1, 0.15) is 11.6 Å². The number of hydrogen-bond donors (Lipinski definition) is 2. The molecule has 2 amide bonds. The van der Waals surface area contributed by atoms with Gasteiger partial charge in [-0.3, -0.25) is 4.79 Å². The van der Waals surface area contributed by atoms with E-state index in [0.717, 1.165) is 11.4 Å². The summed E-state index contributed by atoms with van der Waals surface area (Å²) in [5, 5.41) is 12.2. The zero-order valence-electron chi connectivity index (χ0n) is 17.6. The zero-order chi connectivity index (χ0) is 22.7. The van der Waals surface area contributed by atoms with Crippen LogP contribution in [0.1, 0.15) is 24.3 Å². The number of anilines is 1. The maximum absolute atomic E-state index is 13.3. The SMILES string of the molecule is O=C(O)NC[C@H]1CN(C(=O)C2CCN(c3ccc(F)cn3)CC2)C[C@H]1c1ccc(Cl)cc1. The molecule has 0 aliphatic carbocycles. The Bertz CT molecular complexity index is 949. The van der Waals surface area contributed by atoms with Gasteiger partial charge in [-0.15, -0.1) is 0 Å². The van der Waals surface area contributed by atoms with Crippen molar-refractivity contribution in [2.45, 2.75) is 18.8 Å². The smallest absolute Gasteiger partial charge is 0.404 e. The van der Waals surface area contributed by atoms with Crippen molar-refractivity contribution >= 4 is 29.4 Å². The van der Waals surface area contributed by atoms with Crippen LogP contribution >= 0.6 is 11.6 Å². The third-order valence-corrected chi connectivity index (χ3v) is 6.70. The Hall–Kier alpha value is -2.87. The van der Waals surface area contributed by atoms with E-state index >= 15 is 0 Å². The summed E-state index contributed by atoms with van der Waals surface area (Å²) < 4.78 is 13.1. The zero-order valence-corrected chi connectivity index (χ0v) is 18.3. The van der Waals surface area contributed by atoms with Crippen LogP contribution in [-0.4, -0.2) is 59.7 Å². The molecule has 32 heavy (non-hydrogen) atoms. The fraction of sp³-hybridized carbons (Fsp3) is 0.435. The van der Waals surface area contributed by atoms with Crippen molar-refractivity contribution in [3.8, 4) is 0 Å². The highest BCUT2D eigenvalue weighted by Crippen LogP contribution is 2.35. The van der Waals surface area contributed by atoms with Crippen LogP contribution in [0.25, 0.3) is 0 Å². The second-order valence-electron chi connectivity index (χ2n) is 8.44. The molecule has 0 saturated carbocycles. The molecule has 170 valence electrons. The fourth-order valence-electron chi connectivity index (χ4n) is 4.73. The molecule has 7 nitrogen and oxygen atoms in total. The van der Waals surface area contributed by atoms with Crippen molar-refractivity contribution in [1.82, 2.24) is 15.2 Å². The highest BCUT2D eigenvalue weighted by molar-refractivity contribution is 6.30. The number of benzene rings is 1. The van der Waals surface area contributed by atoms with Gasteiger partial charge in [-0.2, -0.15) is 0 Å². The lowest BCUT2D eigenvalue weighted by Crippen LogP contribution is -2.42. The van der Waals surface area contributed by atoms with E-state index < -0.39 is 6.09 Å². The van der Waals surface area contributed by atoms with Crippen LogP contribution in [0.5, 0.6) is 0 Å². The summed E-state index contributed by atoms with van der Waals surface area (Å²) in [4.78, 5) is 32.4. The number of carbonyl (C=O) groups is 2. The Kier molecular flexibility index (Phi) is 6.79. The number of nitrogens with zero attached hydrogens (tertiary/aromatic N) is 3. The number of nitrogens with one attached hydrogen (secondary N) is 1. The number of piperidine rings is 1. The lowest BCUT2D eigenvalue weighted by atomic mass is 9.89. The molecule has 0 spiro atoms. The molecule has 1 aromatic carbocycles. The predicted octanol–water partition coefficient (Wildman–Crippen LogP) is 3.60. The van der Waals surface area contributed by atoms with E-state index in [0.29, 0.717) is 50.6 Å². The Balaban J connectivity index is 1.40. The van der Waals surface area contributed by atoms with E-state index in [1.54, 1.807) is 6.07 Å².